The quantitative estimate of drug-likeness (QED) is 0.754. The molecule has 0 unspecified atom stereocenters. The van der Waals surface area contributed by atoms with Gasteiger partial charge in [0.15, 0.2) is 0 Å². The molecule has 1 aromatic heterocycles. The van der Waals surface area contributed by atoms with E-state index in [0.29, 0.717) is 5.69 Å². The first-order chi connectivity index (χ1) is 5.70. The van der Waals surface area contributed by atoms with Gasteiger partial charge < -0.3 is 5.73 Å². The van der Waals surface area contributed by atoms with Crippen molar-refractivity contribution in [3.05, 3.63) is 30.1 Å². The second-order valence-electron chi connectivity index (χ2n) is 2.49. The van der Waals surface area contributed by atoms with Crippen LogP contribution in [-0.2, 0) is 0 Å². The summed E-state index contributed by atoms with van der Waals surface area (Å²) >= 11 is 0. The summed E-state index contributed by atoms with van der Waals surface area (Å²) in [7, 11) is 0. The Morgan fingerprint density at radius 1 is 1.42 bits per heavy atom. The van der Waals surface area contributed by atoms with Gasteiger partial charge in [-0.2, -0.15) is 0 Å². The highest BCUT2D eigenvalue weighted by Crippen LogP contribution is 2.14. The van der Waals surface area contributed by atoms with Gasteiger partial charge in [-0.1, -0.05) is 6.07 Å². The molecule has 1 heterocycles. The standard InChI is InChI=1S/C8H10F2N2/c9-8(10)5-6(11)7-3-1-2-4-12-7/h1-4,6,8H,5,11H2/t6-/m1/s1. The molecule has 0 aromatic carbocycles. The molecule has 0 aliphatic rings. The number of hydrogen-bond donors (Lipinski definition) is 1. The van der Waals surface area contributed by atoms with Gasteiger partial charge in [0.1, 0.15) is 0 Å². The van der Waals surface area contributed by atoms with Crippen molar-refractivity contribution in [1.82, 2.24) is 4.98 Å². The second kappa shape index (κ2) is 4.11. The number of alkyl halides is 2. The van der Waals surface area contributed by atoms with Crippen LogP contribution in [0.3, 0.4) is 0 Å². The first kappa shape index (κ1) is 9.06. The lowest BCUT2D eigenvalue weighted by atomic mass is 10.1. The number of halogens is 2. The normalized spacial score (nSPS) is 13.3. The summed E-state index contributed by atoms with van der Waals surface area (Å²) in [5.41, 5.74) is 5.97. The van der Waals surface area contributed by atoms with E-state index < -0.39 is 12.5 Å². The van der Waals surface area contributed by atoms with Gasteiger partial charge in [-0.25, -0.2) is 8.78 Å². The largest absolute Gasteiger partial charge is 0.322 e. The lowest BCUT2D eigenvalue weighted by Crippen LogP contribution is -2.15. The molecule has 0 spiro atoms. The van der Waals surface area contributed by atoms with Gasteiger partial charge in [0.05, 0.1) is 11.7 Å². The summed E-state index contributed by atoms with van der Waals surface area (Å²) in [6.45, 7) is 0. The van der Waals surface area contributed by atoms with Crippen LogP contribution in [0.15, 0.2) is 24.4 Å². The van der Waals surface area contributed by atoms with Crippen LogP contribution in [0.25, 0.3) is 0 Å². The molecule has 0 amide bonds. The summed E-state index contributed by atoms with van der Waals surface area (Å²) in [5, 5.41) is 0. The molecule has 0 fully saturated rings. The van der Waals surface area contributed by atoms with Crippen molar-refractivity contribution in [1.29, 1.82) is 0 Å². The fraction of sp³-hybridized carbons (Fsp3) is 0.375. The fourth-order valence-electron chi connectivity index (χ4n) is 0.908. The smallest absolute Gasteiger partial charge is 0.240 e. The molecular formula is C8H10F2N2. The van der Waals surface area contributed by atoms with E-state index in [4.69, 9.17) is 5.73 Å². The van der Waals surface area contributed by atoms with Gasteiger partial charge in [0.25, 0.3) is 0 Å². The van der Waals surface area contributed by atoms with Gasteiger partial charge in [-0.15, -0.1) is 0 Å². The van der Waals surface area contributed by atoms with Crippen molar-refractivity contribution >= 4 is 0 Å². The summed E-state index contributed by atoms with van der Waals surface area (Å²) in [5.74, 6) is 0. The van der Waals surface area contributed by atoms with Crippen molar-refractivity contribution in [2.75, 3.05) is 0 Å². The molecule has 1 aromatic rings. The highest BCUT2D eigenvalue weighted by Gasteiger charge is 2.12. The molecule has 2 N–H and O–H groups in total. The van der Waals surface area contributed by atoms with E-state index in [2.05, 4.69) is 4.98 Å². The summed E-state index contributed by atoms with van der Waals surface area (Å²) in [6.07, 6.45) is -1.17. The Morgan fingerprint density at radius 2 is 2.17 bits per heavy atom. The number of aromatic nitrogens is 1. The van der Waals surface area contributed by atoms with Crippen LogP contribution < -0.4 is 5.73 Å². The Kier molecular flexibility index (Phi) is 3.10. The van der Waals surface area contributed by atoms with Gasteiger partial charge in [0, 0.05) is 12.6 Å². The van der Waals surface area contributed by atoms with Crippen LogP contribution >= 0.6 is 0 Å². The zero-order valence-electron chi connectivity index (χ0n) is 6.45. The zero-order chi connectivity index (χ0) is 8.97. The Bertz CT molecular complexity index is 226. The van der Waals surface area contributed by atoms with Crippen LogP contribution in [0.4, 0.5) is 8.78 Å². The lowest BCUT2D eigenvalue weighted by Gasteiger charge is -2.08. The maximum atomic E-state index is 11.9. The van der Waals surface area contributed by atoms with Crippen molar-refractivity contribution in [3.8, 4) is 0 Å². The predicted octanol–water partition coefficient (Wildman–Crippen LogP) is 1.74. The molecule has 1 rings (SSSR count). The van der Waals surface area contributed by atoms with E-state index in [0.717, 1.165) is 0 Å². The number of pyridine rings is 1. The molecule has 0 saturated heterocycles. The van der Waals surface area contributed by atoms with Gasteiger partial charge in [-0.3, -0.25) is 4.98 Å². The van der Waals surface area contributed by atoms with Crippen molar-refractivity contribution < 1.29 is 8.78 Å². The minimum Gasteiger partial charge on any atom is -0.322 e. The molecule has 0 aliphatic heterocycles. The minimum absolute atomic E-state index is 0.336. The molecule has 0 bridgehead atoms. The molecule has 66 valence electrons. The third-order valence-corrected chi connectivity index (χ3v) is 1.50. The molecular weight excluding hydrogens is 162 g/mol. The molecule has 4 heteroatoms. The third kappa shape index (κ3) is 2.54. The Balaban J connectivity index is 2.59. The molecule has 12 heavy (non-hydrogen) atoms. The summed E-state index contributed by atoms with van der Waals surface area (Å²) < 4.78 is 23.7. The summed E-state index contributed by atoms with van der Waals surface area (Å²) in [6, 6.07) is 4.44. The molecule has 0 radical (unpaired) electrons. The van der Waals surface area contributed by atoms with Crippen LogP contribution in [-0.4, -0.2) is 11.4 Å². The number of nitrogens with zero attached hydrogens (tertiary/aromatic N) is 1. The SMILES string of the molecule is N[C@H](CC(F)F)c1ccccn1. The van der Waals surface area contributed by atoms with Gasteiger partial charge in [-0.05, 0) is 12.1 Å². The Morgan fingerprint density at radius 3 is 2.67 bits per heavy atom. The number of nitrogens with two attached hydrogens (primary N) is 1. The second-order valence-corrected chi connectivity index (χ2v) is 2.49. The predicted molar refractivity (Wildman–Crippen MR) is 41.8 cm³/mol. The van der Waals surface area contributed by atoms with Crippen LogP contribution in [0.5, 0.6) is 0 Å². The zero-order valence-corrected chi connectivity index (χ0v) is 6.45. The van der Waals surface area contributed by atoms with Crippen molar-refractivity contribution in [3.63, 3.8) is 0 Å². The van der Waals surface area contributed by atoms with Crippen LogP contribution in [0, 0.1) is 0 Å². The van der Waals surface area contributed by atoms with E-state index >= 15 is 0 Å². The van der Waals surface area contributed by atoms with E-state index in [-0.39, 0.29) is 6.42 Å². The molecule has 0 aliphatic carbocycles. The number of hydrogen-bond acceptors (Lipinski definition) is 2. The lowest BCUT2D eigenvalue weighted by molar-refractivity contribution is 0.128. The van der Waals surface area contributed by atoms with Crippen LogP contribution in [0.1, 0.15) is 18.2 Å². The topological polar surface area (TPSA) is 38.9 Å². The van der Waals surface area contributed by atoms with Gasteiger partial charge >= 0.3 is 0 Å². The van der Waals surface area contributed by atoms with Crippen molar-refractivity contribution in [2.24, 2.45) is 5.73 Å². The van der Waals surface area contributed by atoms with Crippen molar-refractivity contribution in [2.45, 2.75) is 18.9 Å². The highest BCUT2D eigenvalue weighted by molar-refractivity contribution is 5.07. The maximum Gasteiger partial charge on any atom is 0.240 e. The van der Waals surface area contributed by atoms with E-state index in [1.807, 2.05) is 0 Å². The summed E-state index contributed by atoms with van der Waals surface area (Å²) in [4.78, 5) is 3.87. The average molecular weight is 172 g/mol. The third-order valence-electron chi connectivity index (χ3n) is 1.50. The first-order valence-electron chi connectivity index (χ1n) is 3.65. The van der Waals surface area contributed by atoms with E-state index in [1.165, 1.54) is 0 Å². The average Bonchev–Trinajstić information content (AvgIpc) is 2.05. The molecule has 2 nitrogen and oxygen atoms in total. The Labute approximate surface area is 69.4 Å². The molecule has 1 atom stereocenters. The highest BCUT2D eigenvalue weighted by atomic mass is 19.3. The minimum atomic E-state index is -2.37. The molecule has 0 saturated carbocycles. The Hall–Kier alpha value is -1.03. The maximum absolute atomic E-state index is 11.9. The van der Waals surface area contributed by atoms with Gasteiger partial charge in [0.2, 0.25) is 6.43 Å². The van der Waals surface area contributed by atoms with E-state index in [1.54, 1.807) is 24.4 Å². The fourth-order valence-corrected chi connectivity index (χ4v) is 0.908. The monoisotopic (exact) mass is 172 g/mol. The first-order valence-corrected chi connectivity index (χ1v) is 3.65. The number of rotatable bonds is 3. The van der Waals surface area contributed by atoms with E-state index in [9.17, 15) is 8.78 Å². The van der Waals surface area contributed by atoms with Crippen LogP contribution in [0.2, 0.25) is 0 Å².